The molecule has 0 bridgehead atoms. The van der Waals surface area contributed by atoms with E-state index in [1.54, 1.807) is 0 Å². The number of rotatable bonds is 6. The van der Waals surface area contributed by atoms with Gasteiger partial charge in [-0.25, -0.2) is 9.59 Å². The Kier molecular flexibility index (Phi) is 5.27. The number of carboxylic acids is 1. The summed E-state index contributed by atoms with van der Waals surface area (Å²) in [6.45, 7) is 0.125. The average molecular weight is 461 g/mol. The van der Waals surface area contributed by atoms with Crippen LogP contribution in [0.3, 0.4) is 0 Å². The molecule has 0 saturated heterocycles. The van der Waals surface area contributed by atoms with E-state index in [1.807, 2.05) is 36.4 Å². The standard InChI is InChI=1S/C24H23N5O5/c1-29(24(21(31)32)11-6-12-24)20(30)19-25-22(28-27-19)26-23(33)34-13-18-16-9-4-2-7-14(16)15-8-3-5-10-17(15)18/h2-5,7-10,18H,6,11-13H2,1H3,(H,31,32)(H2,25,26,27,28,33). The first kappa shape index (κ1) is 21.6. The summed E-state index contributed by atoms with van der Waals surface area (Å²) in [5, 5.41) is 18.2. The molecule has 0 aliphatic heterocycles. The maximum Gasteiger partial charge on any atom is 0.414 e. The highest BCUT2D eigenvalue weighted by atomic mass is 16.5. The number of hydrogen-bond acceptors (Lipinski definition) is 6. The molecule has 10 heteroatoms. The Bertz CT molecular complexity index is 1240. The molecule has 5 rings (SSSR count). The van der Waals surface area contributed by atoms with Crippen molar-refractivity contribution in [3.8, 4) is 11.1 Å². The summed E-state index contributed by atoms with van der Waals surface area (Å²) in [6.07, 6.45) is 0.733. The zero-order valence-corrected chi connectivity index (χ0v) is 18.4. The van der Waals surface area contributed by atoms with Crippen LogP contribution in [0.1, 0.15) is 46.9 Å². The minimum Gasteiger partial charge on any atom is -0.479 e. The third-order valence-corrected chi connectivity index (χ3v) is 6.77. The van der Waals surface area contributed by atoms with Gasteiger partial charge in [-0.2, -0.15) is 4.98 Å². The maximum atomic E-state index is 12.7. The van der Waals surface area contributed by atoms with E-state index in [9.17, 15) is 19.5 Å². The number of carbonyl (C=O) groups is 3. The third kappa shape index (κ3) is 3.47. The quantitative estimate of drug-likeness (QED) is 0.512. The number of ether oxygens (including phenoxy) is 1. The zero-order valence-electron chi connectivity index (χ0n) is 18.4. The number of fused-ring (bicyclic) bond motifs is 3. The van der Waals surface area contributed by atoms with Crippen molar-refractivity contribution >= 4 is 23.9 Å². The lowest BCUT2D eigenvalue weighted by Gasteiger charge is -2.44. The lowest BCUT2D eigenvalue weighted by molar-refractivity contribution is -0.154. The van der Waals surface area contributed by atoms with Crippen LogP contribution in [0.15, 0.2) is 48.5 Å². The van der Waals surface area contributed by atoms with Gasteiger partial charge in [0.2, 0.25) is 5.82 Å². The van der Waals surface area contributed by atoms with Crippen LogP contribution in [0.25, 0.3) is 11.1 Å². The van der Waals surface area contributed by atoms with Crippen LogP contribution in [0, 0.1) is 0 Å². The van der Waals surface area contributed by atoms with Crippen molar-refractivity contribution < 1.29 is 24.2 Å². The number of hydrogen-bond donors (Lipinski definition) is 3. The minimum atomic E-state index is -1.23. The van der Waals surface area contributed by atoms with Gasteiger partial charge in [0.05, 0.1) is 0 Å². The molecule has 2 amide bonds. The van der Waals surface area contributed by atoms with Gasteiger partial charge < -0.3 is 14.7 Å². The lowest BCUT2D eigenvalue weighted by Crippen LogP contribution is -2.59. The predicted octanol–water partition coefficient (Wildman–Crippen LogP) is 3.25. The highest BCUT2D eigenvalue weighted by Gasteiger charge is 2.50. The van der Waals surface area contributed by atoms with E-state index in [-0.39, 0.29) is 24.3 Å². The van der Waals surface area contributed by atoms with Crippen molar-refractivity contribution in [2.75, 3.05) is 19.0 Å². The SMILES string of the molecule is CN(C(=O)c1nc(NC(=O)OCC2c3ccccc3-c3ccccc32)n[nH]1)C1(C(=O)O)CCC1. The highest BCUT2D eigenvalue weighted by molar-refractivity contribution is 5.96. The Balaban J connectivity index is 1.23. The summed E-state index contributed by atoms with van der Waals surface area (Å²) < 4.78 is 5.46. The number of benzene rings is 2. The fraction of sp³-hybridized carbons (Fsp3) is 0.292. The number of carbonyl (C=O) groups excluding carboxylic acids is 2. The Labute approximate surface area is 195 Å². The van der Waals surface area contributed by atoms with E-state index < -0.39 is 23.5 Å². The third-order valence-electron chi connectivity index (χ3n) is 6.77. The molecule has 3 aromatic rings. The molecule has 2 aliphatic rings. The number of aromatic nitrogens is 3. The Morgan fingerprint density at radius 1 is 1.12 bits per heavy atom. The second kappa shape index (κ2) is 8.29. The summed E-state index contributed by atoms with van der Waals surface area (Å²) in [7, 11) is 1.43. The molecule has 1 saturated carbocycles. The first-order chi connectivity index (χ1) is 16.4. The Morgan fingerprint density at radius 3 is 2.29 bits per heavy atom. The molecule has 0 spiro atoms. The molecule has 0 unspecified atom stereocenters. The van der Waals surface area contributed by atoms with E-state index in [4.69, 9.17) is 4.74 Å². The summed E-state index contributed by atoms with van der Waals surface area (Å²) in [5.41, 5.74) is 3.20. The van der Waals surface area contributed by atoms with Gasteiger partial charge in [-0.05, 0) is 41.5 Å². The lowest BCUT2D eigenvalue weighted by atomic mass is 9.75. The van der Waals surface area contributed by atoms with Crippen LogP contribution < -0.4 is 5.32 Å². The maximum absolute atomic E-state index is 12.7. The smallest absolute Gasteiger partial charge is 0.414 e. The zero-order chi connectivity index (χ0) is 23.9. The van der Waals surface area contributed by atoms with Gasteiger partial charge in [0.15, 0.2) is 0 Å². The first-order valence-corrected chi connectivity index (χ1v) is 11.0. The van der Waals surface area contributed by atoms with Crippen LogP contribution in [0.2, 0.25) is 0 Å². The highest BCUT2D eigenvalue weighted by Crippen LogP contribution is 2.44. The van der Waals surface area contributed by atoms with Crippen LogP contribution in [0.4, 0.5) is 10.7 Å². The molecule has 0 radical (unpaired) electrons. The molecule has 1 heterocycles. The number of aliphatic carboxylic acids is 1. The van der Waals surface area contributed by atoms with E-state index in [0.717, 1.165) is 33.6 Å². The molecule has 0 atom stereocenters. The van der Waals surface area contributed by atoms with Gasteiger partial charge in [-0.1, -0.05) is 48.5 Å². The molecule has 1 aromatic heterocycles. The topological polar surface area (TPSA) is 138 Å². The fourth-order valence-corrected chi connectivity index (χ4v) is 4.70. The van der Waals surface area contributed by atoms with Gasteiger partial charge in [-0.15, -0.1) is 5.10 Å². The molecule has 10 nitrogen and oxygen atoms in total. The van der Waals surface area contributed by atoms with Crippen molar-refractivity contribution in [3.05, 3.63) is 65.5 Å². The number of anilines is 1. The molecule has 174 valence electrons. The molecule has 34 heavy (non-hydrogen) atoms. The van der Waals surface area contributed by atoms with E-state index >= 15 is 0 Å². The van der Waals surface area contributed by atoms with E-state index in [2.05, 4.69) is 32.6 Å². The second-order valence-corrected chi connectivity index (χ2v) is 8.51. The van der Waals surface area contributed by atoms with Crippen molar-refractivity contribution in [1.29, 1.82) is 0 Å². The molecule has 3 N–H and O–H groups in total. The average Bonchev–Trinajstić information content (AvgIpc) is 3.39. The number of carboxylic acid groups (broad SMARTS) is 1. The largest absolute Gasteiger partial charge is 0.479 e. The van der Waals surface area contributed by atoms with Gasteiger partial charge in [-0.3, -0.25) is 15.2 Å². The van der Waals surface area contributed by atoms with Crippen LogP contribution in [0.5, 0.6) is 0 Å². The first-order valence-electron chi connectivity index (χ1n) is 11.0. The fourth-order valence-electron chi connectivity index (χ4n) is 4.70. The molecule has 2 aliphatic carbocycles. The van der Waals surface area contributed by atoms with Gasteiger partial charge in [0.25, 0.3) is 11.9 Å². The molecular formula is C24H23N5O5. The van der Waals surface area contributed by atoms with Gasteiger partial charge >= 0.3 is 12.1 Å². The summed E-state index contributed by atoms with van der Waals surface area (Å²) >= 11 is 0. The summed E-state index contributed by atoms with van der Waals surface area (Å²) in [6, 6.07) is 16.0. The minimum absolute atomic E-state index is 0.0919. The number of aromatic amines is 1. The van der Waals surface area contributed by atoms with Gasteiger partial charge in [0, 0.05) is 13.0 Å². The van der Waals surface area contributed by atoms with Crippen molar-refractivity contribution in [2.45, 2.75) is 30.7 Å². The van der Waals surface area contributed by atoms with Crippen LogP contribution in [-0.4, -0.2) is 62.4 Å². The van der Waals surface area contributed by atoms with E-state index in [1.165, 1.54) is 7.05 Å². The Hall–Kier alpha value is -4.21. The Morgan fingerprint density at radius 2 is 1.74 bits per heavy atom. The predicted molar refractivity (Wildman–Crippen MR) is 121 cm³/mol. The van der Waals surface area contributed by atoms with Crippen molar-refractivity contribution in [2.24, 2.45) is 0 Å². The number of nitrogens with zero attached hydrogens (tertiary/aromatic N) is 3. The number of nitrogens with one attached hydrogen (secondary N) is 2. The normalized spacial score (nSPS) is 15.6. The second-order valence-electron chi connectivity index (χ2n) is 8.51. The molecule has 2 aromatic carbocycles. The van der Waals surface area contributed by atoms with Crippen molar-refractivity contribution in [3.63, 3.8) is 0 Å². The number of amides is 2. The van der Waals surface area contributed by atoms with E-state index in [0.29, 0.717) is 12.8 Å². The monoisotopic (exact) mass is 461 g/mol. The van der Waals surface area contributed by atoms with Crippen LogP contribution >= 0.6 is 0 Å². The number of likely N-dealkylation sites (N-methyl/N-ethyl adjacent to an activating group) is 1. The number of H-pyrrole nitrogens is 1. The van der Waals surface area contributed by atoms with Crippen LogP contribution in [-0.2, 0) is 9.53 Å². The van der Waals surface area contributed by atoms with Crippen molar-refractivity contribution in [1.82, 2.24) is 20.1 Å². The molecule has 1 fully saturated rings. The molecular weight excluding hydrogens is 438 g/mol. The summed E-state index contributed by atoms with van der Waals surface area (Å²) in [5.74, 6) is -2.05. The van der Waals surface area contributed by atoms with Gasteiger partial charge in [0.1, 0.15) is 12.1 Å². The summed E-state index contributed by atoms with van der Waals surface area (Å²) in [4.78, 5) is 41.9.